The monoisotopic (exact) mass is 284 g/mol. The van der Waals surface area contributed by atoms with E-state index in [1.807, 2.05) is 13.8 Å². The predicted molar refractivity (Wildman–Crippen MR) is 77.6 cm³/mol. The van der Waals surface area contributed by atoms with Crippen LogP contribution in [0.25, 0.3) is 0 Å². The number of nitrogens with one attached hydrogen (secondary N) is 1. The van der Waals surface area contributed by atoms with Crippen LogP contribution < -0.4 is 15.8 Å². The maximum absolute atomic E-state index is 11.5. The SMILES string of the molecule is CCCNC(=O)COc1cccc(Cl)c1CC(C)N. The molecule has 0 fully saturated rings. The van der Waals surface area contributed by atoms with Crippen LogP contribution in [-0.2, 0) is 11.2 Å². The maximum Gasteiger partial charge on any atom is 0.257 e. The van der Waals surface area contributed by atoms with Crippen LogP contribution in [0.1, 0.15) is 25.8 Å². The number of amides is 1. The van der Waals surface area contributed by atoms with Gasteiger partial charge in [0, 0.05) is 23.2 Å². The topological polar surface area (TPSA) is 64.3 Å². The molecule has 0 spiro atoms. The summed E-state index contributed by atoms with van der Waals surface area (Å²) in [7, 11) is 0. The first-order chi connectivity index (χ1) is 9.04. The van der Waals surface area contributed by atoms with Crippen LogP contribution in [0.3, 0.4) is 0 Å². The van der Waals surface area contributed by atoms with E-state index >= 15 is 0 Å². The van der Waals surface area contributed by atoms with Gasteiger partial charge in [-0.05, 0) is 31.9 Å². The summed E-state index contributed by atoms with van der Waals surface area (Å²) in [6.07, 6.45) is 1.52. The van der Waals surface area contributed by atoms with Gasteiger partial charge in [-0.2, -0.15) is 0 Å². The van der Waals surface area contributed by atoms with Crippen molar-refractivity contribution in [2.45, 2.75) is 32.7 Å². The van der Waals surface area contributed by atoms with Crippen molar-refractivity contribution in [2.24, 2.45) is 5.73 Å². The summed E-state index contributed by atoms with van der Waals surface area (Å²) in [5, 5.41) is 3.37. The van der Waals surface area contributed by atoms with Gasteiger partial charge in [0.2, 0.25) is 0 Å². The Bertz CT molecular complexity index is 422. The van der Waals surface area contributed by atoms with Crippen LogP contribution >= 0.6 is 11.6 Å². The highest BCUT2D eigenvalue weighted by molar-refractivity contribution is 6.31. The molecule has 1 aromatic rings. The summed E-state index contributed by atoms with van der Waals surface area (Å²) >= 11 is 6.14. The molecule has 0 bridgehead atoms. The molecule has 3 N–H and O–H groups in total. The molecule has 0 saturated carbocycles. The van der Waals surface area contributed by atoms with E-state index in [0.29, 0.717) is 23.7 Å². The molecule has 0 aromatic heterocycles. The lowest BCUT2D eigenvalue weighted by molar-refractivity contribution is -0.123. The van der Waals surface area contributed by atoms with Crippen molar-refractivity contribution in [1.82, 2.24) is 5.32 Å². The summed E-state index contributed by atoms with van der Waals surface area (Å²) in [6.45, 7) is 4.55. The van der Waals surface area contributed by atoms with E-state index in [0.717, 1.165) is 12.0 Å². The zero-order valence-corrected chi connectivity index (χ0v) is 12.2. The van der Waals surface area contributed by atoms with Crippen LogP contribution in [0.4, 0.5) is 0 Å². The Labute approximate surface area is 119 Å². The fraction of sp³-hybridized carbons (Fsp3) is 0.500. The number of halogens is 1. The Morgan fingerprint density at radius 2 is 2.26 bits per heavy atom. The molecule has 1 aromatic carbocycles. The third-order valence-electron chi connectivity index (χ3n) is 2.53. The Morgan fingerprint density at radius 1 is 1.53 bits per heavy atom. The normalized spacial score (nSPS) is 12.0. The highest BCUT2D eigenvalue weighted by Crippen LogP contribution is 2.27. The molecule has 0 heterocycles. The highest BCUT2D eigenvalue weighted by Gasteiger charge is 2.11. The first-order valence-corrected chi connectivity index (χ1v) is 6.84. The standard InChI is InChI=1S/C14H21ClN2O2/c1-3-7-17-14(18)9-19-13-6-4-5-12(15)11(13)8-10(2)16/h4-6,10H,3,7-9,16H2,1-2H3,(H,17,18). The van der Waals surface area contributed by atoms with Crippen molar-refractivity contribution in [3.63, 3.8) is 0 Å². The Hall–Kier alpha value is -1.26. The van der Waals surface area contributed by atoms with Gasteiger partial charge in [0.15, 0.2) is 6.61 Å². The zero-order chi connectivity index (χ0) is 14.3. The van der Waals surface area contributed by atoms with E-state index in [1.54, 1.807) is 18.2 Å². The molecule has 0 aliphatic rings. The van der Waals surface area contributed by atoms with Crippen LogP contribution in [0, 0.1) is 0 Å². The van der Waals surface area contributed by atoms with Gasteiger partial charge in [-0.3, -0.25) is 4.79 Å². The van der Waals surface area contributed by atoms with Crippen molar-refractivity contribution in [2.75, 3.05) is 13.2 Å². The van der Waals surface area contributed by atoms with Crippen molar-refractivity contribution in [3.8, 4) is 5.75 Å². The third-order valence-corrected chi connectivity index (χ3v) is 2.89. The molecule has 1 amide bonds. The average Bonchev–Trinajstić information content (AvgIpc) is 2.36. The number of benzene rings is 1. The average molecular weight is 285 g/mol. The van der Waals surface area contributed by atoms with Crippen LogP contribution in [0.5, 0.6) is 5.75 Å². The van der Waals surface area contributed by atoms with Gasteiger partial charge in [-0.1, -0.05) is 24.6 Å². The maximum atomic E-state index is 11.5. The Kier molecular flexibility index (Phi) is 6.67. The molecule has 1 atom stereocenters. The fourth-order valence-electron chi connectivity index (χ4n) is 1.65. The van der Waals surface area contributed by atoms with Gasteiger partial charge in [0.25, 0.3) is 5.91 Å². The van der Waals surface area contributed by atoms with Gasteiger partial charge in [0.05, 0.1) is 0 Å². The van der Waals surface area contributed by atoms with Gasteiger partial charge in [-0.25, -0.2) is 0 Å². The minimum Gasteiger partial charge on any atom is -0.483 e. The van der Waals surface area contributed by atoms with Gasteiger partial charge < -0.3 is 15.8 Å². The first kappa shape index (κ1) is 15.8. The minimum absolute atomic E-state index is 0.00764. The molecule has 1 unspecified atom stereocenters. The van der Waals surface area contributed by atoms with Crippen LogP contribution in [-0.4, -0.2) is 25.1 Å². The molecule has 0 aliphatic carbocycles. The van der Waals surface area contributed by atoms with E-state index in [4.69, 9.17) is 22.1 Å². The second-order valence-corrected chi connectivity index (χ2v) is 4.94. The van der Waals surface area contributed by atoms with E-state index in [-0.39, 0.29) is 18.6 Å². The summed E-state index contributed by atoms with van der Waals surface area (Å²) < 4.78 is 5.53. The molecule has 0 radical (unpaired) electrons. The Balaban J connectivity index is 2.67. The molecular formula is C14H21ClN2O2. The van der Waals surface area contributed by atoms with E-state index in [2.05, 4.69) is 5.32 Å². The summed E-state index contributed by atoms with van der Waals surface area (Å²) in [5.41, 5.74) is 6.64. The largest absolute Gasteiger partial charge is 0.483 e. The number of carbonyl (C=O) groups is 1. The van der Waals surface area contributed by atoms with Gasteiger partial charge in [0.1, 0.15) is 5.75 Å². The Morgan fingerprint density at radius 3 is 2.89 bits per heavy atom. The smallest absolute Gasteiger partial charge is 0.257 e. The number of ether oxygens (including phenoxy) is 1. The number of hydrogen-bond donors (Lipinski definition) is 2. The zero-order valence-electron chi connectivity index (χ0n) is 11.4. The molecular weight excluding hydrogens is 264 g/mol. The second-order valence-electron chi connectivity index (χ2n) is 4.54. The highest BCUT2D eigenvalue weighted by atomic mass is 35.5. The van der Waals surface area contributed by atoms with Crippen molar-refractivity contribution in [3.05, 3.63) is 28.8 Å². The van der Waals surface area contributed by atoms with E-state index in [1.165, 1.54) is 0 Å². The lowest BCUT2D eigenvalue weighted by atomic mass is 10.1. The lowest BCUT2D eigenvalue weighted by Gasteiger charge is -2.14. The van der Waals surface area contributed by atoms with Gasteiger partial charge in [-0.15, -0.1) is 0 Å². The molecule has 0 saturated heterocycles. The third kappa shape index (κ3) is 5.49. The molecule has 4 nitrogen and oxygen atoms in total. The van der Waals surface area contributed by atoms with Crippen molar-refractivity contribution in [1.29, 1.82) is 0 Å². The first-order valence-electron chi connectivity index (χ1n) is 6.47. The quantitative estimate of drug-likeness (QED) is 0.806. The molecule has 19 heavy (non-hydrogen) atoms. The predicted octanol–water partition coefficient (Wildman–Crippen LogP) is 2.13. The summed E-state index contributed by atoms with van der Waals surface area (Å²) in [6, 6.07) is 5.38. The van der Waals surface area contributed by atoms with Gasteiger partial charge >= 0.3 is 0 Å². The molecule has 5 heteroatoms. The van der Waals surface area contributed by atoms with E-state index in [9.17, 15) is 4.79 Å². The molecule has 0 aliphatic heterocycles. The fourth-order valence-corrected chi connectivity index (χ4v) is 1.90. The number of carbonyl (C=O) groups excluding carboxylic acids is 1. The number of rotatable bonds is 7. The lowest BCUT2D eigenvalue weighted by Crippen LogP contribution is -2.29. The van der Waals surface area contributed by atoms with Crippen molar-refractivity contribution >= 4 is 17.5 Å². The van der Waals surface area contributed by atoms with Crippen molar-refractivity contribution < 1.29 is 9.53 Å². The second kappa shape index (κ2) is 8.02. The van der Waals surface area contributed by atoms with Crippen LogP contribution in [0.2, 0.25) is 5.02 Å². The minimum atomic E-state index is -0.131. The van der Waals surface area contributed by atoms with E-state index < -0.39 is 0 Å². The van der Waals surface area contributed by atoms with Crippen LogP contribution in [0.15, 0.2) is 18.2 Å². The number of nitrogens with two attached hydrogens (primary N) is 1. The number of hydrogen-bond acceptors (Lipinski definition) is 3. The summed E-state index contributed by atoms with van der Waals surface area (Å²) in [4.78, 5) is 11.5. The summed E-state index contributed by atoms with van der Waals surface area (Å²) in [5.74, 6) is 0.491. The molecule has 106 valence electrons. The molecule has 1 rings (SSSR count).